The van der Waals surface area contributed by atoms with Gasteiger partial charge < -0.3 is 39.4 Å². The fraction of sp³-hybridized carbons (Fsp3) is 0.956. The molecule has 0 radical (unpaired) electrons. The summed E-state index contributed by atoms with van der Waals surface area (Å²) in [5, 5.41) is 40.0. The largest absolute Gasteiger partial charge is 0.462 e. The zero-order chi connectivity index (χ0) is 40.2. The third-order valence-electron chi connectivity index (χ3n) is 11.0. The highest BCUT2D eigenvalue weighted by Crippen LogP contribution is 2.23. The highest BCUT2D eigenvalue weighted by atomic mass is 16.7. The van der Waals surface area contributed by atoms with Gasteiger partial charge in [-0.05, 0) is 12.8 Å². The van der Waals surface area contributed by atoms with Crippen molar-refractivity contribution in [3.63, 3.8) is 0 Å². The van der Waals surface area contributed by atoms with E-state index in [-0.39, 0.29) is 32.0 Å². The van der Waals surface area contributed by atoms with E-state index in [4.69, 9.17) is 18.9 Å². The molecule has 0 saturated carbocycles. The molecule has 0 aliphatic carbocycles. The molecule has 0 aromatic heterocycles. The first-order valence-electron chi connectivity index (χ1n) is 23.1. The molecule has 10 nitrogen and oxygen atoms in total. The van der Waals surface area contributed by atoms with Crippen molar-refractivity contribution in [3.05, 3.63) is 0 Å². The number of aliphatic hydroxyl groups excluding tert-OH is 4. The Morgan fingerprint density at radius 1 is 0.491 bits per heavy atom. The van der Waals surface area contributed by atoms with Crippen molar-refractivity contribution in [2.24, 2.45) is 0 Å². The van der Waals surface area contributed by atoms with Gasteiger partial charge in [0.15, 0.2) is 12.4 Å². The van der Waals surface area contributed by atoms with Gasteiger partial charge in [0.25, 0.3) is 0 Å². The molecule has 0 bridgehead atoms. The molecular formula is C45H86O10. The van der Waals surface area contributed by atoms with E-state index >= 15 is 0 Å². The Morgan fingerprint density at radius 3 is 1.24 bits per heavy atom. The molecule has 55 heavy (non-hydrogen) atoms. The number of carbonyl (C=O) groups is 2. The number of rotatable bonds is 39. The second-order valence-electron chi connectivity index (χ2n) is 16.2. The minimum Gasteiger partial charge on any atom is -0.462 e. The molecule has 1 fully saturated rings. The second-order valence-corrected chi connectivity index (χ2v) is 16.2. The summed E-state index contributed by atoms with van der Waals surface area (Å²) in [6, 6.07) is 0. The highest BCUT2D eigenvalue weighted by molar-refractivity contribution is 5.70. The van der Waals surface area contributed by atoms with Crippen LogP contribution in [-0.2, 0) is 28.5 Å². The number of unbranched alkanes of at least 4 members (excludes halogenated alkanes) is 28. The molecule has 0 aromatic rings. The van der Waals surface area contributed by atoms with Crippen LogP contribution in [0, 0.1) is 0 Å². The van der Waals surface area contributed by atoms with Gasteiger partial charge in [0.05, 0.1) is 13.2 Å². The van der Waals surface area contributed by atoms with Crippen molar-refractivity contribution < 1.29 is 49.0 Å². The predicted molar refractivity (Wildman–Crippen MR) is 220 cm³/mol. The Kier molecular flexibility index (Phi) is 34.8. The van der Waals surface area contributed by atoms with Crippen LogP contribution in [0.5, 0.6) is 0 Å². The summed E-state index contributed by atoms with van der Waals surface area (Å²) >= 11 is 0. The predicted octanol–water partition coefficient (Wildman–Crippen LogP) is 9.78. The summed E-state index contributed by atoms with van der Waals surface area (Å²) < 4.78 is 22.2. The van der Waals surface area contributed by atoms with Crippen LogP contribution < -0.4 is 0 Å². The molecule has 1 heterocycles. The fourth-order valence-corrected chi connectivity index (χ4v) is 7.31. The van der Waals surface area contributed by atoms with Crippen LogP contribution in [0.2, 0.25) is 0 Å². The SMILES string of the molecule is CCCCCCCCCCCCCCCCCCCCCC(=O)O[C@H](COC(=O)CCCCCCCCCCCCC)CO[C@@H]1O[C@H](CO)[C@H](O)C(O)C1O. The lowest BCUT2D eigenvalue weighted by Crippen LogP contribution is -2.59. The fourth-order valence-electron chi connectivity index (χ4n) is 7.31. The van der Waals surface area contributed by atoms with Gasteiger partial charge in [0.1, 0.15) is 31.0 Å². The van der Waals surface area contributed by atoms with Crippen molar-refractivity contribution >= 4 is 11.9 Å². The average Bonchev–Trinajstić information content (AvgIpc) is 3.18. The first-order valence-corrected chi connectivity index (χ1v) is 23.1. The normalized spacial score (nSPS) is 20.4. The number of carbonyl (C=O) groups excluding carboxylic acids is 2. The number of ether oxygens (including phenoxy) is 4. The minimum absolute atomic E-state index is 0.209. The van der Waals surface area contributed by atoms with E-state index < -0.39 is 49.4 Å². The van der Waals surface area contributed by atoms with Gasteiger partial charge in [-0.15, -0.1) is 0 Å². The molecule has 4 N–H and O–H groups in total. The Bertz CT molecular complexity index is 871. The Balaban J connectivity index is 2.27. The zero-order valence-electron chi connectivity index (χ0n) is 35.5. The molecule has 0 spiro atoms. The Hall–Kier alpha value is -1.30. The van der Waals surface area contributed by atoms with E-state index in [9.17, 15) is 30.0 Å². The Labute approximate surface area is 336 Å². The van der Waals surface area contributed by atoms with Crippen LogP contribution in [-0.4, -0.2) is 89.0 Å². The molecule has 2 unspecified atom stereocenters. The van der Waals surface area contributed by atoms with Crippen molar-refractivity contribution in [3.8, 4) is 0 Å². The number of esters is 2. The van der Waals surface area contributed by atoms with Crippen LogP contribution in [0.15, 0.2) is 0 Å². The molecule has 0 aromatic carbocycles. The molecule has 1 rings (SSSR count). The van der Waals surface area contributed by atoms with Crippen molar-refractivity contribution in [2.75, 3.05) is 19.8 Å². The molecule has 0 amide bonds. The summed E-state index contributed by atoms with van der Waals surface area (Å²) in [4.78, 5) is 25.3. The quantitative estimate of drug-likeness (QED) is 0.0350. The van der Waals surface area contributed by atoms with E-state index in [1.165, 1.54) is 148 Å². The van der Waals surface area contributed by atoms with E-state index in [0.29, 0.717) is 6.42 Å². The van der Waals surface area contributed by atoms with Crippen LogP contribution in [0.4, 0.5) is 0 Å². The lowest BCUT2D eigenvalue weighted by Gasteiger charge is -2.39. The third kappa shape index (κ3) is 28.7. The van der Waals surface area contributed by atoms with Gasteiger partial charge >= 0.3 is 11.9 Å². The topological polar surface area (TPSA) is 152 Å². The van der Waals surface area contributed by atoms with E-state index in [1.54, 1.807) is 0 Å². The van der Waals surface area contributed by atoms with Gasteiger partial charge in [0.2, 0.25) is 0 Å². The molecule has 10 heteroatoms. The monoisotopic (exact) mass is 787 g/mol. The van der Waals surface area contributed by atoms with Gasteiger partial charge in [-0.3, -0.25) is 9.59 Å². The molecule has 1 aliphatic heterocycles. The number of aliphatic hydroxyl groups is 4. The second kappa shape index (κ2) is 37.0. The van der Waals surface area contributed by atoms with Gasteiger partial charge in [-0.2, -0.15) is 0 Å². The van der Waals surface area contributed by atoms with Crippen LogP contribution in [0.3, 0.4) is 0 Å². The number of hydrogen-bond acceptors (Lipinski definition) is 10. The molecular weight excluding hydrogens is 700 g/mol. The first kappa shape index (κ1) is 51.7. The first-order chi connectivity index (χ1) is 26.8. The lowest BCUT2D eigenvalue weighted by molar-refractivity contribution is -0.305. The smallest absolute Gasteiger partial charge is 0.306 e. The summed E-state index contributed by atoms with van der Waals surface area (Å²) in [6.07, 6.45) is 29.7. The molecule has 1 aliphatic rings. The Morgan fingerprint density at radius 2 is 0.855 bits per heavy atom. The molecule has 6 atom stereocenters. The summed E-state index contributed by atoms with van der Waals surface area (Å²) in [7, 11) is 0. The van der Waals surface area contributed by atoms with E-state index in [0.717, 1.165) is 38.5 Å². The lowest BCUT2D eigenvalue weighted by atomic mass is 9.99. The van der Waals surface area contributed by atoms with E-state index in [1.807, 2.05) is 0 Å². The standard InChI is InChI=1S/C45H86O10/c1-3-5-7-9-11-13-15-16-17-18-19-20-21-22-24-26-28-30-32-34-41(48)54-38(37-53-45-44(51)43(50)42(49)39(35-46)55-45)36-52-40(47)33-31-29-27-25-23-14-12-10-8-6-4-2/h38-39,42-46,49-51H,3-37H2,1-2H3/t38-,39-,42+,43?,44?,45-/m1/s1. The molecule has 1 saturated heterocycles. The third-order valence-corrected chi connectivity index (χ3v) is 11.0. The highest BCUT2D eigenvalue weighted by Gasteiger charge is 2.44. The van der Waals surface area contributed by atoms with Gasteiger partial charge in [-0.1, -0.05) is 194 Å². The van der Waals surface area contributed by atoms with Crippen molar-refractivity contribution in [1.29, 1.82) is 0 Å². The maximum Gasteiger partial charge on any atom is 0.306 e. The summed E-state index contributed by atoms with van der Waals surface area (Å²) in [5.74, 6) is -0.792. The number of hydrogen-bond donors (Lipinski definition) is 4. The van der Waals surface area contributed by atoms with Gasteiger partial charge in [-0.25, -0.2) is 0 Å². The maximum atomic E-state index is 12.8. The molecule has 326 valence electrons. The van der Waals surface area contributed by atoms with Crippen LogP contribution >= 0.6 is 0 Å². The zero-order valence-corrected chi connectivity index (χ0v) is 35.5. The van der Waals surface area contributed by atoms with Crippen LogP contribution in [0.1, 0.15) is 219 Å². The summed E-state index contributed by atoms with van der Waals surface area (Å²) in [6.45, 7) is 3.44. The van der Waals surface area contributed by atoms with Crippen LogP contribution in [0.25, 0.3) is 0 Å². The summed E-state index contributed by atoms with van der Waals surface area (Å²) in [5.41, 5.74) is 0. The van der Waals surface area contributed by atoms with Crippen molar-refractivity contribution in [1.82, 2.24) is 0 Å². The van der Waals surface area contributed by atoms with Crippen molar-refractivity contribution in [2.45, 2.75) is 256 Å². The average molecular weight is 787 g/mol. The minimum atomic E-state index is -1.59. The maximum absolute atomic E-state index is 12.8. The van der Waals surface area contributed by atoms with Gasteiger partial charge in [0, 0.05) is 12.8 Å². The van der Waals surface area contributed by atoms with E-state index in [2.05, 4.69) is 13.8 Å².